The van der Waals surface area contributed by atoms with E-state index in [1.165, 1.54) is 5.56 Å². The number of nitrogens with one attached hydrogen (secondary N) is 2. The minimum Gasteiger partial charge on any atom is -0.492 e. The summed E-state index contributed by atoms with van der Waals surface area (Å²) >= 11 is 0. The summed E-state index contributed by atoms with van der Waals surface area (Å²) in [6, 6.07) is 4.06. The maximum absolute atomic E-state index is 10.5. The summed E-state index contributed by atoms with van der Waals surface area (Å²) in [6.45, 7) is 6.22. The summed E-state index contributed by atoms with van der Waals surface area (Å²) in [5, 5.41) is 16.9. The lowest BCUT2D eigenvalue weighted by atomic mass is 9.91. The zero-order chi connectivity index (χ0) is 20.5. The van der Waals surface area contributed by atoms with Crippen LogP contribution in [-0.2, 0) is 6.42 Å². The summed E-state index contributed by atoms with van der Waals surface area (Å²) in [4.78, 5) is 11.2. The standard InChI is InChI=1S/C22H29N5O2/c1-13-9-19(23-3)26-22(24-13)25-18-11-16-6-8-29-21(16)20(14(18)2)15-5-7-27(4)12-17(28)10-15/h5,9,11,17,28H,6-8,10,12H2,1-4H3,(H2,23,24,25,26)/t17-/m1/s1. The van der Waals surface area contributed by atoms with Gasteiger partial charge in [0.25, 0.3) is 0 Å². The second-order valence-corrected chi connectivity index (χ2v) is 7.91. The SMILES string of the molecule is CNc1cc(C)nc(Nc2cc3c(c(C4=CCN(C)C[C@H](O)C4)c2C)OCC3)n1. The monoisotopic (exact) mass is 395 g/mol. The van der Waals surface area contributed by atoms with Gasteiger partial charge in [-0.15, -0.1) is 0 Å². The number of ether oxygens (including phenoxy) is 1. The fraction of sp³-hybridized carbons (Fsp3) is 0.455. The maximum atomic E-state index is 10.5. The number of aromatic nitrogens is 2. The molecular formula is C22H29N5O2. The molecule has 0 fully saturated rings. The third-order valence-corrected chi connectivity index (χ3v) is 5.54. The molecule has 154 valence electrons. The van der Waals surface area contributed by atoms with Crippen LogP contribution in [0.3, 0.4) is 0 Å². The molecule has 0 aliphatic carbocycles. The number of aliphatic hydroxyl groups excluding tert-OH is 1. The number of rotatable bonds is 4. The lowest BCUT2D eigenvalue weighted by molar-refractivity contribution is 0.139. The van der Waals surface area contributed by atoms with E-state index in [1.807, 2.05) is 27.1 Å². The Morgan fingerprint density at radius 3 is 2.86 bits per heavy atom. The molecule has 0 saturated carbocycles. The van der Waals surface area contributed by atoms with Gasteiger partial charge in [0.15, 0.2) is 0 Å². The number of hydrogen-bond donors (Lipinski definition) is 3. The maximum Gasteiger partial charge on any atom is 0.229 e. The highest BCUT2D eigenvalue weighted by molar-refractivity contribution is 5.81. The molecule has 1 atom stereocenters. The van der Waals surface area contributed by atoms with Crippen molar-refractivity contribution in [1.29, 1.82) is 0 Å². The highest BCUT2D eigenvalue weighted by Gasteiger charge is 2.26. The van der Waals surface area contributed by atoms with E-state index in [2.05, 4.69) is 44.6 Å². The number of aliphatic hydroxyl groups is 1. The van der Waals surface area contributed by atoms with E-state index in [-0.39, 0.29) is 6.10 Å². The topological polar surface area (TPSA) is 82.5 Å². The van der Waals surface area contributed by atoms with Crippen LogP contribution in [0.25, 0.3) is 5.57 Å². The van der Waals surface area contributed by atoms with E-state index >= 15 is 0 Å². The molecule has 1 aromatic carbocycles. The lowest BCUT2D eigenvalue weighted by Gasteiger charge is -2.20. The predicted molar refractivity (Wildman–Crippen MR) is 116 cm³/mol. The van der Waals surface area contributed by atoms with Crippen molar-refractivity contribution in [2.75, 3.05) is 44.4 Å². The van der Waals surface area contributed by atoms with Gasteiger partial charge in [-0.05, 0) is 38.1 Å². The average molecular weight is 396 g/mol. The van der Waals surface area contributed by atoms with Gasteiger partial charge in [0.2, 0.25) is 5.95 Å². The van der Waals surface area contributed by atoms with Gasteiger partial charge < -0.3 is 25.4 Å². The molecule has 0 amide bonds. The van der Waals surface area contributed by atoms with Crippen LogP contribution in [0.5, 0.6) is 5.75 Å². The fourth-order valence-corrected chi connectivity index (χ4v) is 4.12. The molecule has 0 saturated heterocycles. The van der Waals surface area contributed by atoms with Crippen molar-refractivity contribution in [2.24, 2.45) is 0 Å². The van der Waals surface area contributed by atoms with E-state index in [4.69, 9.17) is 4.74 Å². The molecule has 0 unspecified atom stereocenters. The Balaban J connectivity index is 1.77. The summed E-state index contributed by atoms with van der Waals surface area (Å²) in [6.07, 6.45) is 3.32. The van der Waals surface area contributed by atoms with Gasteiger partial charge in [-0.25, -0.2) is 4.98 Å². The first kappa shape index (κ1) is 19.7. The number of benzene rings is 1. The smallest absolute Gasteiger partial charge is 0.229 e. The minimum atomic E-state index is -0.389. The van der Waals surface area contributed by atoms with Gasteiger partial charge in [0, 0.05) is 61.6 Å². The molecule has 2 aliphatic rings. The van der Waals surface area contributed by atoms with Crippen LogP contribution in [0, 0.1) is 13.8 Å². The molecule has 1 aromatic heterocycles. The van der Waals surface area contributed by atoms with Crippen molar-refractivity contribution in [3.63, 3.8) is 0 Å². The molecule has 0 radical (unpaired) electrons. The van der Waals surface area contributed by atoms with Crippen molar-refractivity contribution in [2.45, 2.75) is 32.8 Å². The van der Waals surface area contributed by atoms with Crippen LogP contribution in [0.1, 0.15) is 28.8 Å². The van der Waals surface area contributed by atoms with Crippen LogP contribution >= 0.6 is 0 Å². The van der Waals surface area contributed by atoms with E-state index in [0.29, 0.717) is 25.5 Å². The molecule has 29 heavy (non-hydrogen) atoms. The number of aryl methyl sites for hydroxylation is 1. The molecule has 0 spiro atoms. The first-order chi connectivity index (χ1) is 13.9. The fourth-order valence-electron chi connectivity index (χ4n) is 4.12. The Morgan fingerprint density at radius 2 is 2.07 bits per heavy atom. The molecule has 3 N–H and O–H groups in total. The number of nitrogens with zero attached hydrogens (tertiary/aromatic N) is 3. The van der Waals surface area contributed by atoms with Gasteiger partial charge >= 0.3 is 0 Å². The normalized spacial score (nSPS) is 19.2. The molecule has 7 heteroatoms. The van der Waals surface area contributed by atoms with Crippen LogP contribution in [-0.4, -0.2) is 59.9 Å². The van der Waals surface area contributed by atoms with Crippen LogP contribution in [0.15, 0.2) is 18.2 Å². The van der Waals surface area contributed by atoms with Crippen LogP contribution in [0.4, 0.5) is 17.5 Å². The first-order valence-corrected chi connectivity index (χ1v) is 10.1. The molecular weight excluding hydrogens is 366 g/mol. The Kier molecular flexibility index (Phi) is 5.43. The van der Waals surface area contributed by atoms with E-state index in [1.54, 1.807) is 0 Å². The summed E-state index contributed by atoms with van der Waals surface area (Å²) in [5.41, 5.74) is 6.38. The number of fused-ring (bicyclic) bond motifs is 1. The van der Waals surface area contributed by atoms with Gasteiger partial charge in [0.1, 0.15) is 11.6 Å². The van der Waals surface area contributed by atoms with Gasteiger partial charge in [-0.3, -0.25) is 0 Å². The lowest BCUT2D eigenvalue weighted by Crippen LogP contribution is -2.27. The third-order valence-electron chi connectivity index (χ3n) is 5.54. The summed E-state index contributed by atoms with van der Waals surface area (Å²) < 4.78 is 6.02. The van der Waals surface area contributed by atoms with Crippen molar-refractivity contribution in [3.8, 4) is 5.75 Å². The zero-order valence-corrected chi connectivity index (χ0v) is 17.5. The Hall–Kier alpha value is -2.64. The minimum absolute atomic E-state index is 0.389. The largest absolute Gasteiger partial charge is 0.492 e. The van der Waals surface area contributed by atoms with E-state index in [9.17, 15) is 5.11 Å². The second kappa shape index (κ2) is 8.00. The third kappa shape index (κ3) is 4.06. The summed E-state index contributed by atoms with van der Waals surface area (Å²) in [5.74, 6) is 2.30. The van der Waals surface area contributed by atoms with Crippen molar-refractivity contribution >= 4 is 23.0 Å². The highest BCUT2D eigenvalue weighted by atomic mass is 16.5. The number of β-amino-alcohol motifs (C(OH)–C–C–N with tert-alkyl or cyclic N) is 1. The Morgan fingerprint density at radius 1 is 1.24 bits per heavy atom. The van der Waals surface area contributed by atoms with Gasteiger partial charge in [-0.2, -0.15) is 4.98 Å². The molecule has 4 rings (SSSR count). The van der Waals surface area contributed by atoms with E-state index < -0.39 is 0 Å². The number of anilines is 3. The summed E-state index contributed by atoms with van der Waals surface area (Å²) in [7, 11) is 3.88. The number of hydrogen-bond acceptors (Lipinski definition) is 7. The number of likely N-dealkylation sites (N-methyl/N-ethyl adjacent to an activating group) is 1. The van der Waals surface area contributed by atoms with Crippen molar-refractivity contribution < 1.29 is 9.84 Å². The van der Waals surface area contributed by atoms with Crippen molar-refractivity contribution in [1.82, 2.24) is 14.9 Å². The molecule has 0 bridgehead atoms. The highest BCUT2D eigenvalue weighted by Crippen LogP contribution is 2.42. The predicted octanol–water partition coefficient (Wildman–Crippen LogP) is 2.89. The van der Waals surface area contributed by atoms with Gasteiger partial charge in [0.05, 0.1) is 12.7 Å². The van der Waals surface area contributed by atoms with Crippen LogP contribution < -0.4 is 15.4 Å². The molecule has 2 aliphatic heterocycles. The average Bonchev–Trinajstić information content (AvgIpc) is 3.06. The van der Waals surface area contributed by atoms with E-state index in [0.717, 1.165) is 52.6 Å². The molecule has 3 heterocycles. The van der Waals surface area contributed by atoms with Gasteiger partial charge in [-0.1, -0.05) is 6.08 Å². The second-order valence-electron chi connectivity index (χ2n) is 7.91. The molecule has 7 nitrogen and oxygen atoms in total. The Labute approximate surface area is 171 Å². The van der Waals surface area contributed by atoms with Crippen molar-refractivity contribution in [3.05, 3.63) is 40.6 Å². The van der Waals surface area contributed by atoms with Crippen LogP contribution in [0.2, 0.25) is 0 Å². The molecule has 2 aromatic rings. The zero-order valence-electron chi connectivity index (χ0n) is 17.5. The quantitative estimate of drug-likeness (QED) is 0.734. The Bertz CT molecular complexity index is 957. The first-order valence-electron chi connectivity index (χ1n) is 10.1.